The van der Waals surface area contributed by atoms with Gasteiger partial charge in [-0.05, 0) is 17.7 Å². The number of halogens is 3. The Kier molecular flexibility index (Phi) is 1.92. The Bertz CT molecular complexity index is 575. The second kappa shape index (κ2) is 3.23. The predicted octanol–water partition coefficient (Wildman–Crippen LogP) is 3.43. The van der Waals surface area contributed by atoms with E-state index in [-0.39, 0.29) is 11.3 Å². The number of ether oxygens (including phenoxy) is 1. The van der Waals surface area contributed by atoms with Crippen LogP contribution in [0, 0.1) is 6.07 Å². The van der Waals surface area contributed by atoms with Gasteiger partial charge in [0.2, 0.25) is 0 Å². The van der Waals surface area contributed by atoms with Crippen LogP contribution < -0.4 is 4.74 Å². The van der Waals surface area contributed by atoms with Gasteiger partial charge in [-0.25, -0.2) is 0 Å². The molecule has 0 amide bonds. The van der Waals surface area contributed by atoms with Crippen LogP contribution in [0.1, 0.15) is 0 Å². The molecule has 2 nitrogen and oxygen atoms in total. The van der Waals surface area contributed by atoms with E-state index in [1.807, 2.05) is 0 Å². The number of pyridine rings is 1. The van der Waals surface area contributed by atoms with Crippen LogP contribution in [0.4, 0.5) is 13.2 Å². The Morgan fingerprint density at radius 3 is 2.59 bits per heavy atom. The van der Waals surface area contributed by atoms with Crippen molar-refractivity contribution in [3.8, 4) is 28.1 Å². The van der Waals surface area contributed by atoms with Gasteiger partial charge in [0.25, 0.3) is 0 Å². The molecular weight excluding hydrogens is 231 g/mol. The van der Waals surface area contributed by atoms with Crippen LogP contribution in [0.25, 0.3) is 22.4 Å². The highest BCUT2D eigenvalue weighted by Crippen LogP contribution is 2.38. The van der Waals surface area contributed by atoms with E-state index < -0.39 is 6.36 Å². The molecule has 2 aromatic rings. The van der Waals surface area contributed by atoms with Crippen molar-refractivity contribution in [1.29, 1.82) is 0 Å². The van der Waals surface area contributed by atoms with Gasteiger partial charge in [0.1, 0.15) is 5.75 Å². The van der Waals surface area contributed by atoms with Crippen molar-refractivity contribution in [2.75, 3.05) is 0 Å². The molecule has 3 heterocycles. The van der Waals surface area contributed by atoms with Gasteiger partial charge in [-0.3, -0.25) is 4.98 Å². The van der Waals surface area contributed by atoms with E-state index in [9.17, 15) is 13.2 Å². The minimum Gasteiger partial charge on any atom is -0.404 e. The number of hydrogen-bond donors (Lipinski definition) is 0. The molecule has 85 valence electrons. The summed E-state index contributed by atoms with van der Waals surface area (Å²) in [6, 6.07) is 9.32. The van der Waals surface area contributed by atoms with Gasteiger partial charge < -0.3 is 4.74 Å². The van der Waals surface area contributed by atoms with Crippen molar-refractivity contribution in [2.24, 2.45) is 0 Å². The van der Waals surface area contributed by atoms with Crippen LogP contribution in [-0.2, 0) is 0 Å². The van der Waals surface area contributed by atoms with Crippen molar-refractivity contribution >= 4 is 0 Å². The lowest BCUT2D eigenvalue weighted by Crippen LogP contribution is -2.18. The van der Waals surface area contributed by atoms with E-state index >= 15 is 0 Å². The minimum atomic E-state index is -4.72. The van der Waals surface area contributed by atoms with Crippen LogP contribution in [0.15, 0.2) is 30.5 Å². The number of alkyl halides is 3. The van der Waals surface area contributed by atoms with Crippen LogP contribution in [-0.4, -0.2) is 11.3 Å². The second-order valence-corrected chi connectivity index (χ2v) is 3.59. The van der Waals surface area contributed by atoms with E-state index in [0.717, 1.165) is 0 Å². The standard InChI is InChI=1S/C12H5F3NO/c13-12(14,15)17-11-5-7-1-3-9(11)10-4-2-8(7)6-16-10/h1-4,6H. The third kappa shape index (κ3) is 1.73. The third-order valence-corrected chi connectivity index (χ3v) is 2.48. The van der Waals surface area contributed by atoms with Crippen LogP contribution >= 0.6 is 0 Å². The highest BCUT2D eigenvalue weighted by molar-refractivity contribution is 5.77. The molecule has 17 heavy (non-hydrogen) atoms. The Morgan fingerprint density at radius 2 is 1.94 bits per heavy atom. The molecule has 0 spiro atoms. The molecule has 0 N–H and O–H groups in total. The summed E-state index contributed by atoms with van der Waals surface area (Å²) in [4.78, 5) is 4.06. The molecule has 0 saturated heterocycles. The molecular formula is C12H5F3NO. The van der Waals surface area contributed by atoms with Crippen molar-refractivity contribution in [3.63, 3.8) is 0 Å². The summed E-state index contributed by atoms with van der Waals surface area (Å²) in [5, 5.41) is 0. The molecule has 4 bridgehead atoms. The average Bonchev–Trinajstić information content (AvgIpc) is 2.23. The highest BCUT2D eigenvalue weighted by atomic mass is 19.4. The van der Waals surface area contributed by atoms with Gasteiger partial charge in [0.05, 0.1) is 5.69 Å². The Labute approximate surface area is 94.7 Å². The maximum atomic E-state index is 12.2. The number of rotatable bonds is 1. The topological polar surface area (TPSA) is 22.1 Å². The maximum absolute atomic E-state index is 12.2. The summed E-state index contributed by atoms with van der Waals surface area (Å²) in [5.74, 6) is -0.330. The first kappa shape index (κ1) is 10.1. The lowest BCUT2D eigenvalue weighted by molar-refractivity contribution is -0.274. The smallest absolute Gasteiger partial charge is 0.404 e. The zero-order valence-corrected chi connectivity index (χ0v) is 8.38. The molecule has 0 saturated carbocycles. The quantitative estimate of drug-likeness (QED) is 0.645. The maximum Gasteiger partial charge on any atom is 0.573 e. The highest BCUT2D eigenvalue weighted by Gasteiger charge is 2.33. The van der Waals surface area contributed by atoms with E-state index in [4.69, 9.17) is 0 Å². The van der Waals surface area contributed by atoms with Gasteiger partial charge >= 0.3 is 6.36 Å². The summed E-state index contributed by atoms with van der Waals surface area (Å²) in [6.45, 7) is 0. The third-order valence-electron chi connectivity index (χ3n) is 2.48. The SMILES string of the molecule is FC(F)(F)Oc1[c]c2ccc1-c1ccc-2cn1. The molecule has 0 fully saturated rings. The first-order valence-corrected chi connectivity index (χ1v) is 4.82. The molecule has 5 heteroatoms. The molecule has 6 rings (SSSR count). The summed E-state index contributed by atoms with van der Waals surface area (Å²) in [5.41, 5.74) is 1.98. The van der Waals surface area contributed by atoms with Gasteiger partial charge in [-0.2, -0.15) is 0 Å². The lowest BCUT2D eigenvalue weighted by atomic mass is 9.98. The second-order valence-electron chi connectivity index (χ2n) is 3.59. The van der Waals surface area contributed by atoms with E-state index in [0.29, 0.717) is 16.8 Å². The van der Waals surface area contributed by atoms with Crippen molar-refractivity contribution < 1.29 is 17.9 Å². The molecule has 2 aliphatic carbocycles. The first-order chi connectivity index (χ1) is 8.03. The Morgan fingerprint density at radius 1 is 1.12 bits per heavy atom. The molecule has 1 radical (unpaired) electrons. The van der Waals surface area contributed by atoms with Crippen LogP contribution in [0.3, 0.4) is 0 Å². The van der Waals surface area contributed by atoms with E-state index in [1.165, 1.54) is 0 Å². The minimum absolute atomic E-state index is 0.289. The van der Waals surface area contributed by atoms with Crippen molar-refractivity contribution in [3.05, 3.63) is 36.5 Å². The normalized spacial score (nSPS) is 12.4. The number of aromatic nitrogens is 1. The summed E-state index contributed by atoms with van der Waals surface area (Å²) in [7, 11) is 0. The van der Waals surface area contributed by atoms with Crippen molar-refractivity contribution in [2.45, 2.75) is 6.36 Å². The van der Waals surface area contributed by atoms with Gasteiger partial charge in [0, 0.05) is 23.4 Å². The number of nitrogens with zero attached hydrogens (tertiary/aromatic N) is 1. The number of benzene rings is 1. The monoisotopic (exact) mass is 236 g/mol. The van der Waals surface area contributed by atoms with Crippen molar-refractivity contribution in [1.82, 2.24) is 4.98 Å². The largest absolute Gasteiger partial charge is 0.573 e. The molecule has 1 aromatic heterocycles. The Balaban J connectivity index is 2.18. The van der Waals surface area contributed by atoms with Gasteiger partial charge in [0.15, 0.2) is 0 Å². The van der Waals surface area contributed by atoms with Gasteiger partial charge in [-0.1, -0.05) is 12.1 Å². The predicted molar refractivity (Wildman–Crippen MR) is 54.2 cm³/mol. The van der Waals surface area contributed by atoms with Gasteiger partial charge in [-0.15, -0.1) is 13.2 Å². The molecule has 1 aromatic carbocycles. The van der Waals surface area contributed by atoms with E-state index in [2.05, 4.69) is 15.8 Å². The molecule has 4 aliphatic rings. The molecule has 0 atom stereocenters. The number of hydrogen-bond acceptors (Lipinski definition) is 2. The zero-order chi connectivity index (χ0) is 12.0. The molecule has 2 aliphatic heterocycles. The first-order valence-electron chi connectivity index (χ1n) is 4.82. The Hall–Kier alpha value is -2.04. The van der Waals surface area contributed by atoms with E-state index in [1.54, 1.807) is 30.5 Å². The van der Waals surface area contributed by atoms with Crippen LogP contribution in [0.5, 0.6) is 5.75 Å². The lowest BCUT2D eigenvalue weighted by Gasteiger charge is -2.16. The molecule has 0 unspecified atom stereocenters. The summed E-state index contributed by atoms with van der Waals surface area (Å²) >= 11 is 0. The summed E-state index contributed by atoms with van der Waals surface area (Å²) < 4.78 is 40.7. The average molecular weight is 236 g/mol. The van der Waals surface area contributed by atoms with Crippen LogP contribution in [0.2, 0.25) is 0 Å². The summed E-state index contributed by atoms with van der Waals surface area (Å²) in [6.07, 6.45) is -3.12. The fraction of sp³-hybridized carbons (Fsp3) is 0.0833. The fourth-order valence-corrected chi connectivity index (χ4v) is 1.75. The zero-order valence-electron chi connectivity index (χ0n) is 8.38. The fourth-order valence-electron chi connectivity index (χ4n) is 1.75.